The SMILES string of the molecule is COc1ccc(CN/C=C/C(=O)O)cc1. The Labute approximate surface area is 88.2 Å². The standard InChI is InChI=1S/C11H13NO3/c1-15-10-4-2-9(3-5-10)8-12-7-6-11(13)14/h2-7,12H,8H2,1H3,(H,13,14)/b7-6+. The smallest absolute Gasteiger partial charge is 0.329 e. The number of aliphatic carboxylic acids is 1. The van der Waals surface area contributed by atoms with Crippen molar-refractivity contribution in [3.63, 3.8) is 0 Å². The van der Waals surface area contributed by atoms with Crippen molar-refractivity contribution in [2.45, 2.75) is 6.54 Å². The third-order valence-corrected chi connectivity index (χ3v) is 1.81. The van der Waals surface area contributed by atoms with Crippen LogP contribution in [-0.4, -0.2) is 18.2 Å². The molecule has 0 saturated heterocycles. The number of carboxylic acid groups (broad SMARTS) is 1. The molecule has 0 heterocycles. The fourth-order valence-electron chi connectivity index (χ4n) is 1.05. The molecule has 0 aromatic heterocycles. The highest BCUT2D eigenvalue weighted by Gasteiger charge is 1.92. The topological polar surface area (TPSA) is 58.6 Å². The maximum atomic E-state index is 10.2. The number of nitrogens with one attached hydrogen (secondary N) is 1. The van der Waals surface area contributed by atoms with Gasteiger partial charge in [0.15, 0.2) is 0 Å². The lowest BCUT2D eigenvalue weighted by Crippen LogP contribution is -2.05. The minimum atomic E-state index is -0.961. The van der Waals surface area contributed by atoms with Gasteiger partial charge in [0.25, 0.3) is 0 Å². The molecule has 0 amide bonds. The summed E-state index contributed by atoms with van der Waals surface area (Å²) in [5, 5.41) is 11.2. The summed E-state index contributed by atoms with van der Waals surface area (Å²) in [6.45, 7) is 0.591. The number of hydrogen-bond acceptors (Lipinski definition) is 3. The molecule has 1 rings (SSSR count). The minimum Gasteiger partial charge on any atom is -0.497 e. The predicted octanol–water partition coefficient (Wildman–Crippen LogP) is 1.38. The Kier molecular flexibility index (Phi) is 4.22. The lowest BCUT2D eigenvalue weighted by atomic mass is 10.2. The molecule has 0 saturated carbocycles. The molecular weight excluding hydrogens is 194 g/mol. The number of rotatable bonds is 5. The van der Waals surface area contributed by atoms with Crippen LogP contribution in [0, 0.1) is 0 Å². The summed E-state index contributed by atoms with van der Waals surface area (Å²) in [5.74, 6) is -0.156. The predicted molar refractivity (Wildman–Crippen MR) is 56.6 cm³/mol. The number of benzene rings is 1. The first-order valence-electron chi connectivity index (χ1n) is 4.48. The van der Waals surface area contributed by atoms with E-state index >= 15 is 0 Å². The van der Waals surface area contributed by atoms with E-state index in [-0.39, 0.29) is 0 Å². The molecule has 15 heavy (non-hydrogen) atoms. The molecule has 0 atom stereocenters. The lowest BCUT2D eigenvalue weighted by molar-refractivity contribution is -0.131. The molecule has 0 unspecified atom stereocenters. The van der Waals surface area contributed by atoms with Gasteiger partial charge in [-0.1, -0.05) is 12.1 Å². The van der Waals surface area contributed by atoms with Crippen LogP contribution in [-0.2, 0) is 11.3 Å². The Morgan fingerprint density at radius 1 is 1.47 bits per heavy atom. The quantitative estimate of drug-likeness (QED) is 0.716. The molecule has 4 heteroatoms. The third kappa shape index (κ3) is 4.17. The van der Waals surface area contributed by atoms with E-state index in [0.29, 0.717) is 6.54 Å². The summed E-state index contributed by atoms with van der Waals surface area (Å²) in [6.07, 6.45) is 2.47. The van der Waals surface area contributed by atoms with Crippen LogP contribution < -0.4 is 10.1 Å². The van der Waals surface area contributed by atoms with Crippen molar-refractivity contribution in [1.29, 1.82) is 0 Å². The van der Waals surface area contributed by atoms with Crippen molar-refractivity contribution >= 4 is 5.97 Å². The summed E-state index contributed by atoms with van der Waals surface area (Å²) in [4.78, 5) is 10.2. The summed E-state index contributed by atoms with van der Waals surface area (Å²) < 4.78 is 5.01. The maximum absolute atomic E-state index is 10.2. The first kappa shape index (κ1) is 11.1. The zero-order valence-electron chi connectivity index (χ0n) is 8.43. The van der Waals surface area contributed by atoms with Crippen LogP contribution in [0.2, 0.25) is 0 Å². The zero-order chi connectivity index (χ0) is 11.1. The Morgan fingerprint density at radius 2 is 2.13 bits per heavy atom. The molecule has 0 aliphatic carbocycles. The molecule has 0 bridgehead atoms. The van der Waals surface area contributed by atoms with Crippen LogP contribution in [0.25, 0.3) is 0 Å². The first-order valence-corrected chi connectivity index (χ1v) is 4.48. The van der Waals surface area contributed by atoms with Gasteiger partial charge in [0.2, 0.25) is 0 Å². The second-order valence-electron chi connectivity index (χ2n) is 2.90. The summed E-state index contributed by atoms with van der Waals surface area (Å²) in [5.41, 5.74) is 1.06. The fourth-order valence-corrected chi connectivity index (χ4v) is 1.05. The highest BCUT2D eigenvalue weighted by atomic mass is 16.5. The van der Waals surface area contributed by atoms with E-state index in [1.54, 1.807) is 7.11 Å². The number of methoxy groups -OCH3 is 1. The fraction of sp³-hybridized carbons (Fsp3) is 0.182. The summed E-state index contributed by atoms with van der Waals surface area (Å²) >= 11 is 0. The number of carbonyl (C=O) groups is 1. The van der Waals surface area contributed by atoms with Crippen LogP contribution in [0.3, 0.4) is 0 Å². The average Bonchev–Trinajstić information content (AvgIpc) is 2.25. The Bertz CT molecular complexity index is 343. The van der Waals surface area contributed by atoms with E-state index < -0.39 is 5.97 Å². The molecule has 1 aromatic rings. The van der Waals surface area contributed by atoms with Gasteiger partial charge in [0.05, 0.1) is 7.11 Å². The largest absolute Gasteiger partial charge is 0.497 e. The van der Waals surface area contributed by atoms with Crippen molar-refractivity contribution < 1.29 is 14.6 Å². The van der Waals surface area contributed by atoms with E-state index in [9.17, 15) is 4.79 Å². The van der Waals surface area contributed by atoms with Crippen molar-refractivity contribution in [2.75, 3.05) is 7.11 Å². The Hall–Kier alpha value is -1.97. The van der Waals surface area contributed by atoms with Gasteiger partial charge in [-0.25, -0.2) is 4.79 Å². The molecule has 0 aliphatic heterocycles. The Balaban J connectivity index is 2.41. The third-order valence-electron chi connectivity index (χ3n) is 1.81. The molecule has 4 nitrogen and oxygen atoms in total. The number of carboxylic acids is 1. The molecule has 0 radical (unpaired) electrons. The van der Waals surface area contributed by atoms with Gasteiger partial charge in [0, 0.05) is 18.8 Å². The molecule has 0 aliphatic rings. The second kappa shape index (κ2) is 5.70. The normalized spacial score (nSPS) is 10.2. The molecule has 0 spiro atoms. The van der Waals surface area contributed by atoms with Crippen molar-refractivity contribution in [3.05, 3.63) is 42.1 Å². The van der Waals surface area contributed by atoms with E-state index in [0.717, 1.165) is 17.4 Å². The van der Waals surface area contributed by atoms with E-state index in [4.69, 9.17) is 9.84 Å². The van der Waals surface area contributed by atoms with E-state index in [1.165, 1.54) is 6.20 Å². The Morgan fingerprint density at radius 3 is 2.67 bits per heavy atom. The van der Waals surface area contributed by atoms with Gasteiger partial charge < -0.3 is 15.2 Å². The molecule has 0 fully saturated rings. The molecule has 2 N–H and O–H groups in total. The number of ether oxygens (including phenoxy) is 1. The van der Waals surface area contributed by atoms with E-state index in [1.807, 2.05) is 24.3 Å². The maximum Gasteiger partial charge on any atom is 0.329 e. The first-order chi connectivity index (χ1) is 7.22. The van der Waals surface area contributed by atoms with Crippen LogP contribution in [0.15, 0.2) is 36.5 Å². The summed E-state index contributed by atoms with van der Waals surface area (Å²) in [7, 11) is 1.61. The van der Waals surface area contributed by atoms with Gasteiger partial charge in [-0.05, 0) is 17.7 Å². The highest BCUT2D eigenvalue weighted by Crippen LogP contribution is 2.10. The lowest BCUT2D eigenvalue weighted by Gasteiger charge is -2.02. The van der Waals surface area contributed by atoms with Crippen LogP contribution >= 0.6 is 0 Å². The van der Waals surface area contributed by atoms with Crippen molar-refractivity contribution in [3.8, 4) is 5.75 Å². The molecular formula is C11H13NO3. The average molecular weight is 207 g/mol. The van der Waals surface area contributed by atoms with Crippen LogP contribution in [0.4, 0.5) is 0 Å². The van der Waals surface area contributed by atoms with Gasteiger partial charge >= 0.3 is 5.97 Å². The van der Waals surface area contributed by atoms with Gasteiger partial charge in [-0.15, -0.1) is 0 Å². The zero-order valence-corrected chi connectivity index (χ0v) is 8.43. The minimum absolute atomic E-state index is 0.591. The van der Waals surface area contributed by atoms with Crippen molar-refractivity contribution in [1.82, 2.24) is 5.32 Å². The summed E-state index contributed by atoms with van der Waals surface area (Å²) in [6, 6.07) is 7.55. The van der Waals surface area contributed by atoms with Crippen molar-refractivity contribution in [2.24, 2.45) is 0 Å². The van der Waals surface area contributed by atoms with Gasteiger partial charge in [-0.3, -0.25) is 0 Å². The molecule has 80 valence electrons. The van der Waals surface area contributed by atoms with Crippen LogP contribution in [0.1, 0.15) is 5.56 Å². The van der Waals surface area contributed by atoms with Gasteiger partial charge in [-0.2, -0.15) is 0 Å². The van der Waals surface area contributed by atoms with Crippen LogP contribution in [0.5, 0.6) is 5.75 Å². The second-order valence-corrected chi connectivity index (χ2v) is 2.90. The molecule has 1 aromatic carbocycles. The van der Waals surface area contributed by atoms with Gasteiger partial charge in [0.1, 0.15) is 5.75 Å². The van der Waals surface area contributed by atoms with E-state index in [2.05, 4.69) is 5.32 Å². The number of hydrogen-bond donors (Lipinski definition) is 2. The highest BCUT2D eigenvalue weighted by molar-refractivity contribution is 5.79. The monoisotopic (exact) mass is 207 g/mol.